The highest BCUT2D eigenvalue weighted by Crippen LogP contribution is 2.32. The Kier molecular flexibility index (Phi) is 5.22. The van der Waals surface area contributed by atoms with E-state index >= 15 is 0 Å². The SMILES string of the molecule is FC(F)(F)c1cnc(COc2ccc(C3NCCS3)cc2)c(Cl)c1. The zero-order valence-electron chi connectivity index (χ0n) is 12.4. The Morgan fingerprint density at radius 1 is 1.29 bits per heavy atom. The number of pyridine rings is 1. The van der Waals surface area contributed by atoms with E-state index in [0.717, 1.165) is 30.1 Å². The Balaban J connectivity index is 1.63. The number of benzene rings is 1. The van der Waals surface area contributed by atoms with E-state index in [1.165, 1.54) is 0 Å². The second-order valence-electron chi connectivity index (χ2n) is 5.21. The molecule has 3 rings (SSSR count). The number of halogens is 4. The van der Waals surface area contributed by atoms with Gasteiger partial charge in [0.05, 0.1) is 21.7 Å². The van der Waals surface area contributed by atoms with Crippen LogP contribution >= 0.6 is 23.4 Å². The van der Waals surface area contributed by atoms with E-state index in [2.05, 4.69) is 10.3 Å². The number of ether oxygens (including phenoxy) is 1. The summed E-state index contributed by atoms with van der Waals surface area (Å²) >= 11 is 7.70. The van der Waals surface area contributed by atoms with Crippen LogP contribution in [0.1, 0.15) is 22.2 Å². The summed E-state index contributed by atoms with van der Waals surface area (Å²) in [5, 5.41) is 3.61. The Hall–Kier alpha value is -1.44. The van der Waals surface area contributed by atoms with Crippen molar-refractivity contribution in [1.82, 2.24) is 10.3 Å². The van der Waals surface area contributed by atoms with Crippen LogP contribution in [-0.2, 0) is 12.8 Å². The first-order valence-corrected chi connectivity index (χ1v) is 8.65. The molecule has 8 heteroatoms. The molecule has 1 atom stereocenters. The second kappa shape index (κ2) is 7.21. The standard InChI is InChI=1S/C16H14ClF3N2OS/c17-13-7-11(16(18,19)20)8-22-14(13)9-23-12-3-1-10(2-4-12)15-21-5-6-24-15/h1-4,7-8,15,21H,5-6,9H2. The summed E-state index contributed by atoms with van der Waals surface area (Å²) in [5.74, 6) is 1.69. The lowest BCUT2D eigenvalue weighted by Gasteiger charge is -2.12. The quantitative estimate of drug-likeness (QED) is 0.843. The van der Waals surface area contributed by atoms with Crippen molar-refractivity contribution >= 4 is 23.4 Å². The summed E-state index contributed by atoms with van der Waals surface area (Å²) in [7, 11) is 0. The molecule has 0 bridgehead atoms. The van der Waals surface area contributed by atoms with Gasteiger partial charge < -0.3 is 10.1 Å². The van der Waals surface area contributed by atoms with Gasteiger partial charge in [0.25, 0.3) is 0 Å². The normalized spacial score (nSPS) is 17.9. The first-order chi connectivity index (χ1) is 11.4. The van der Waals surface area contributed by atoms with Crippen LogP contribution in [0, 0.1) is 0 Å². The number of aromatic nitrogens is 1. The lowest BCUT2D eigenvalue weighted by Crippen LogP contribution is -2.11. The van der Waals surface area contributed by atoms with Crippen LogP contribution in [0.25, 0.3) is 0 Å². The Morgan fingerprint density at radius 2 is 2.04 bits per heavy atom. The lowest BCUT2D eigenvalue weighted by molar-refractivity contribution is -0.137. The highest BCUT2D eigenvalue weighted by molar-refractivity contribution is 7.99. The number of hydrogen-bond acceptors (Lipinski definition) is 4. The topological polar surface area (TPSA) is 34.1 Å². The molecule has 1 fully saturated rings. The van der Waals surface area contributed by atoms with Gasteiger partial charge in [-0.2, -0.15) is 13.2 Å². The lowest BCUT2D eigenvalue weighted by atomic mass is 10.2. The molecule has 0 saturated carbocycles. The molecule has 1 saturated heterocycles. The number of nitrogens with zero attached hydrogens (tertiary/aromatic N) is 1. The van der Waals surface area contributed by atoms with Gasteiger partial charge in [0.1, 0.15) is 12.4 Å². The molecule has 1 aromatic heterocycles. The van der Waals surface area contributed by atoms with E-state index in [9.17, 15) is 13.2 Å². The summed E-state index contributed by atoms with van der Waals surface area (Å²) in [6.07, 6.45) is -3.70. The number of rotatable bonds is 4. The maximum Gasteiger partial charge on any atom is 0.417 e. The Morgan fingerprint density at radius 3 is 2.62 bits per heavy atom. The molecule has 1 aliphatic heterocycles. The van der Waals surface area contributed by atoms with Gasteiger partial charge in [-0.1, -0.05) is 23.7 Å². The van der Waals surface area contributed by atoms with Gasteiger partial charge in [-0.25, -0.2) is 0 Å². The van der Waals surface area contributed by atoms with Crippen LogP contribution in [0.2, 0.25) is 5.02 Å². The number of alkyl halides is 3. The number of hydrogen-bond donors (Lipinski definition) is 1. The van der Waals surface area contributed by atoms with Gasteiger partial charge in [-0.3, -0.25) is 4.98 Å². The minimum atomic E-state index is -4.46. The molecule has 0 radical (unpaired) electrons. The van der Waals surface area contributed by atoms with Crippen molar-refractivity contribution < 1.29 is 17.9 Å². The van der Waals surface area contributed by atoms with E-state index in [4.69, 9.17) is 16.3 Å². The summed E-state index contributed by atoms with van der Waals surface area (Å²) in [6, 6.07) is 8.45. The first kappa shape index (κ1) is 17.4. The predicted octanol–water partition coefficient (Wildman–Crippen LogP) is 4.67. The van der Waals surface area contributed by atoms with Crippen LogP contribution in [-0.4, -0.2) is 17.3 Å². The molecule has 3 nitrogen and oxygen atoms in total. The van der Waals surface area contributed by atoms with Gasteiger partial charge in [0.15, 0.2) is 0 Å². The molecule has 2 aromatic rings. The molecule has 24 heavy (non-hydrogen) atoms. The number of nitrogens with one attached hydrogen (secondary N) is 1. The minimum absolute atomic E-state index is 0.00669. The van der Waals surface area contributed by atoms with Gasteiger partial charge in [-0.15, -0.1) is 11.8 Å². The molecular weight excluding hydrogens is 361 g/mol. The molecule has 128 valence electrons. The largest absolute Gasteiger partial charge is 0.487 e. The first-order valence-electron chi connectivity index (χ1n) is 7.23. The summed E-state index contributed by atoms with van der Waals surface area (Å²) < 4.78 is 43.3. The van der Waals surface area contributed by atoms with Gasteiger partial charge in [0.2, 0.25) is 0 Å². The van der Waals surface area contributed by atoms with Crippen molar-refractivity contribution in [2.75, 3.05) is 12.3 Å². The van der Waals surface area contributed by atoms with Gasteiger partial charge >= 0.3 is 6.18 Å². The average molecular weight is 375 g/mol. The zero-order valence-corrected chi connectivity index (χ0v) is 14.0. The van der Waals surface area contributed by atoms with Crippen LogP contribution in [0.5, 0.6) is 5.75 Å². The third-order valence-electron chi connectivity index (χ3n) is 3.52. The van der Waals surface area contributed by atoms with Crippen molar-refractivity contribution in [2.45, 2.75) is 18.2 Å². The monoisotopic (exact) mass is 374 g/mol. The van der Waals surface area contributed by atoms with Crippen molar-refractivity contribution in [2.24, 2.45) is 0 Å². The van der Waals surface area contributed by atoms with E-state index in [0.29, 0.717) is 11.1 Å². The summed E-state index contributed by atoms with van der Waals surface area (Å²) in [6.45, 7) is 0.998. The van der Waals surface area contributed by atoms with E-state index in [1.54, 1.807) is 0 Å². The maximum atomic E-state index is 12.6. The fourth-order valence-corrected chi connectivity index (χ4v) is 3.54. The molecule has 1 unspecified atom stereocenters. The van der Waals surface area contributed by atoms with E-state index in [-0.39, 0.29) is 17.3 Å². The zero-order chi connectivity index (χ0) is 17.2. The molecule has 1 aliphatic rings. The highest BCUT2D eigenvalue weighted by Gasteiger charge is 2.31. The average Bonchev–Trinajstić information content (AvgIpc) is 3.08. The minimum Gasteiger partial charge on any atom is -0.487 e. The van der Waals surface area contributed by atoms with Gasteiger partial charge in [-0.05, 0) is 23.8 Å². The van der Waals surface area contributed by atoms with Crippen molar-refractivity contribution in [1.29, 1.82) is 0 Å². The van der Waals surface area contributed by atoms with Crippen LogP contribution in [0.15, 0.2) is 36.5 Å². The van der Waals surface area contributed by atoms with Crippen LogP contribution in [0.3, 0.4) is 0 Å². The summed E-state index contributed by atoms with van der Waals surface area (Å²) in [4.78, 5) is 3.75. The van der Waals surface area contributed by atoms with Crippen molar-refractivity contribution in [3.63, 3.8) is 0 Å². The Labute approximate surface area is 146 Å². The van der Waals surface area contributed by atoms with Crippen LogP contribution in [0.4, 0.5) is 13.2 Å². The number of thioether (sulfide) groups is 1. The fourth-order valence-electron chi connectivity index (χ4n) is 2.26. The molecule has 0 spiro atoms. The van der Waals surface area contributed by atoms with Gasteiger partial charge in [0, 0.05) is 18.5 Å². The molecule has 1 aromatic carbocycles. The Bertz CT molecular complexity index is 703. The molecule has 2 heterocycles. The van der Waals surface area contributed by atoms with Crippen molar-refractivity contribution in [3.05, 3.63) is 58.4 Å². The second-order valence-corrected chi connectivity index (χ2v) is 6.83. The van der Waals surface area contributed by atoms with E-state index in [1.807, 2.05) is 36.0 Å². The fraction of sp³-hybridized carbons (Fsp3) is 0.312. The van der Waals surface area contributed by atoms with Crippen LogP contribution < -0.4 is 10.1 Å². The molecular formula is C16H14ClF3N2OS. The maximum absolute atomic E-state index is 12.6. The molecule has 0 amide bonds. The third kappa shape index (κ3) is 4.15. The summed E-state index contributed by atoms with van der Waals surface area (Å²) in [5.41, 5.74) is 0.555. The molecule has 0 aliphatic carbocycles. The predicted molar refractivity (Wildman–Crippen MR) is 88.2 cm³/mol. The van der Waals surface area contributed by atoms with E-state index < -0.39 is 11.7 Å². The highest BCUT2D eigenvalue weighted by atomic mass is 35.5. The molecule has 1 N–H and O–H groups in total. The third-order valence-corrected chi connectivity index (χ3v) is 5.06. The van der Waals surface area contributed by atoms with Crippen molar-refractivity contribution in [3.8, 4) is 5.75 Å². The smallest absolute Gasteiger partial charge is 0.417 e.